The minimum absolute atomic E-state index is 0.207. The summed E-state index contributed by atoms with van der Waals surface area (Å²) in [7, 11) is 0. The van der Waals surface area contributed by atoms with E-state index in [1.165, 1.54) is 38.5 Å². The molecule has 0 saturated heterocycles. The molecule has 0 aromatic heterocycles. The van der Waals surface area contributed by atoms with Gasteiger partial charge in [-0.2, -0.15) is 0 Å². The Bertz CT molecular complexity index is 214. The zero-order valence-corrected chi connectivity index (χ0v) is 15.7. The number of rotatable bonds is 13. The molecule has 134 valence electrons. The zero-order valence-electron chi connectivity index (χ0n) is 15.7. The fraction of sp³-hybridized carbons (Fsp3) is 1.00. The summed E-state index contributed by atoms with van der Waals surface area (Å²) in [5.74, 6) is 0. The van der Waals surface area contributed by atoms with E-state index in [-0.39, 0.29) is 11.2 Å². The van der Waals surface area contributed by atoms with Crippen LogP contribution in [0.15, 0.2) is 0 Å². The summed E-state index contributed by atoms with van der Waals surface area (Å²) in [5.41, 5.74) is -0.413. The van der Waals surface area contributed by atoms with Crippen LogP contribution in [-0.2, 0) is 19.6 Å². The average Bonchev–Trinajstić information content (AvgIpc) is 2.36. The Balaban J connectivity index is 3.09. The van der Waals surface area contributed by atoms with Gasteiger partial charge < -0.3 is 0 Å². The van der Waals surface area contributed by atoms with Crippen LogP contribution in [0.25, 0.3) is 0 Å². The molecule has 0 bridgehead atoms. The van der Waals surface area contributed by atoms with Gasteiger partial charge in [-0.25, -0.2) is 19.6 Å². The minimum Gasteiger partial charge on any atom is -0.236 e. The SMILES string of the molecule is CC(C)(C)OOCCCCCCCCCCOOC(C)(C)C. The summed E-state index contributed by atoms with van der Waals surface area (Å²) in [5, 5.41) is 0. The van der Waals surface area contributed by atoms with Gasteiger partial charge in [0.1, 0.15) is 0 Å². The third-order valence-corrected chi connectivity index (χ3v) is 2.82. The summed E-state index contributed by atoms with van der Waals surface area (Å²) in [6.45, 7) is 13.4. The maximum absolute atomic E-state index is 5.22. The summed E-state index contributed by atoms with van der Waals surface area (Å²) in [6, 6.07) is 0. The summed E-state index contributed by atoms with van der Waals surface area (Å²) >= 11 is 0. The molecule has 0 unspecified atom stereocenters. The molecular weight excluding hydrogens is 280 g/mol. The molecule has 0 radical (unpaired) electrons. The van der Waals surface area contributed by atoms with E-state index in [1.54, 1.807) is 0 Å². The predicted octanol–water partition coefficient (Wildman–Crippen LogP) is 5.60. The molecule has 4 nitrogen and oxygen atoms in total. The Morgan fingerprint density at radius 2 is 0.727 bits per heavy atom. The minimum atomic E-state index is -0.207. The maximum atomic E-state index is 5.22. The highest BCUT2D eigenvalue weighted by Crippen LogP contribution is 2.11. The molecule has 22 heavy (non-hydrogen) atoms. The first-order valence-corrected chi connectivity index (χ1v) is 8.82. The van der Waals surface area contributed by atoms with Crippen LogP contribution in [0.4, 0.5) is 0 Å². The number of hydrogen-bond acceptors (Lipinski definition) is 4. The molecule has 0 aliphatic heterocycles. The van der Waals surface area contributed by atoms with Crippen LogP contribution >= 0.6 is 0 Å². The third-order valence-electron chi connectivity index (χ3n) is 2.82. The zero-order chi connectivity index (χ0) is 16.9. The van der Waals surface area contributed by atoms with Crippen LogP contribution in [-0.4, -0.2) is 24.4 Å². The third kappa shape index (κ3) is 19.8. The van der Waals surface area contributed by atoms with Crippen molar-refractivity contribution in [1.82, 2.24) is 0 Å². The van der Waals surface area contributed by atoms with Gasteiger partial charge in [0.05, 0.1) is 24.4 Å². The first kappa shape index (κ1) is 21.8. The second-order valence-corrected chi connectivity index (χ2v) is 7.86. The number of hydrogen-bond donors (Lipinski definition) is 0. The van der Waals surface area contributed by atoms with Crippen LogP contribution in [0, 0.1) is 0 Å². The van der Waals surface area contributed by atoms with E-state index in [0.717, 1.165) is 12.8 Å². The lowest BCUT2D eigenvalue weighted by Crippen LogP contribution is -2.19. The van der Waals surface area contributed by atoms with E-state index in [0.29, 0.717) is 13.2 Å². The molecule has 0 amide bonds. The fourth-order valence-corrected chi connectivity index (χ4v) is 1.82. The quantitative estimate of drug-likeness (QED) is 0.251. The molecule has 0 N–H and O–H groups in total. The van der Waals surface area contributed by atoms with E-state index in [9.17, 15) is 0 Å². The van der Waals surface area contributed by atoms with Gasteiger partial charge in [0.15, 0.2) is 0 Å². The average molecular weight is 318 g/mol. The molecule has 0 aromatic rings. The molecule has 0 atom stereocenters. The van der Waals surface area contributed by atoms with Gasteiger partial charge >= 0.3 is 0 Å². The standard InChI is InChI=1S/C18H38O4/c1-17(2,3)21-19-15-13-11-9-7-8-10-12-14-16-20-22-18(4,5)6/h7-16H2,1-6H3. The first-order valence-electron chi connectivity index (χ1n) is 8.82. The van der Waals surface area contributed by atoms with Crippen LogP contribution in [0.3, 0.4) is 0 Å². The lowest BCUT2D eigenvalue weighted by molar-refractivity contribution is -0.348. The van der Waals surface area contributed by atoms with Crippen molar-refractivity contribution in [3.05, 3.63) is 0 Å². The van der Waals surface area contributed by atoms with E-state index < -0.39 is 0 Å². The Labute approximate surface area is 137 Å². The molecule has 0 saturated carbocycles. The van der Waals surface area contributed by atoms with Crippen molar-refractivity contribution in [3.63, 3.8) is 0 Å². The molecule has 0 fully saturated rings. The van der Waals surface area contributed by atoms with Gasteiger partial charge in [-0.15, -0.1) is 0 Å². The van der Waals surface area contributed by atoms with Crippen LogP contribution in [0.2, 0.25) is 0 Å². The second-order valence-electron chi connectivity index (χ2n) is 7.86. The predicted molar refractivity (Wildman–Crippen MR) is 90.5 cm³/mol. The lowest BCUT2D eigenvalue weighted by Gasteiger charge is -2.17. The summed E-state index contributed by atoms with van der Waals surface area (Å²) in [4.78, 5) is 20.8. The van der Waals surface area contributed by atoms with Gasteiger partial charge in [0.2, 0.25) is 0 Å². The lowest BCUT2D eigenvalue weighted by atomic mass is 10.1. The van der Waals surface area contributed by atoms with E-state index in [2.05, 4.69) is 0 Å². The highest BCUT2D eigenvalue weighted by Gasteiger charge is 2.11. The van der Waals surface area contributed by atoms with Gasteiger partial charge in [0.25, 0.3) is 0 Å². The highest BCUT2D eigenvalue weighted by molar-refractivity contribution is 4.55. The summed E-state index contributed by atoms with van der Waals surface area (Å²) in [6.07, 6.45) is 9.76. The van der Waals surface area contributed by atoms with Crippen LogP contribution in [0.5, 0.6) is 0 Å². The monoisotopic (exact) mass is 318 g/mol. The molecule has 0 aliphatic carbocycles. The van der Waals surface area contributed by atoms with Crippen molar-refractivity contribution in [2.24, 2.45) is 0 Å². The first-order chi connectivity index (χ1) is 10.2. The van der Waals surface area contributed by atoms with Gasteiger partial charge in [0, 0.05) is 0 Å². The molecule has 4 heteroatoms. The van der Waals surface area contributed by atoms with Crippen LogP contribution < -0.4 is 0 Å². The molecule has 0 spiro atoms. The Morgan fingerprint density at radius 1 is 0.455 bits per heavy atom. The molecule has 0 heterocycles. The van der Waals surface area contributed by atoms with Crippen molar-refractivity contribution >= 4 is 0 Å². The van der Waals surface area contributed by atoms with Crippen molar-refractivity contribution in [2.45, 2.75) is 104 Å². The topological polar surface area (TPSA) is 36.9 Å². The molecule has 0 aliphatic rings. The van der Waals surface area contributed by atoms with Crippen molar-refractivity contribution in [2.75, 3.05) is 13.2 Å². The van der Waals surface area contributed by atoms with Crippen molar-refractivity contribution < 1.29 is 19.6 Å². The van der Waals surface area contributed by atoms with Crippen LogP contribution in [0.1, 0.15) is 92.9 Å². The second kappa shape index (κ2) is 12.3. The van der Waals surface area contributed by atoms with Gasteiger partial charge in [-0.1, -0.05) is 38.5 Å². The molecule has 0 rings (SSSR count). The molecular formula is C18H38O4. The fourth-order valence-electron chi connectivity index (χ4n) is 1.82. The van der Waals surface area contributed by atoms with E-state index >= 15 is 0 Å². The highest BCUT2D eigenvalue weighted by atomic mass is 17.2. The normalized spacial score (nSPS) is 12.8. The van der Waals surface area contributed by atoms with Gasteiger partial charge in [-0.05, 0) is 54.4 Å². The molecule has 0 aromatic carbocycles. The smallest absolute Gasteiger partial charge is 0.0952 e. The Hall–Kier alpha value is -0.160. The maximum Gasteiger partial charge on any atom is 0.0952 e. The van der Waals surface area contributed by atoms with E-state index in [1.807, 2.05) is 41.5 Å². The largest absolute Gasteiger partial charge is 0.236 e. The Morgan fingerprint density at radius 3 is 1.00 bits per heavy atom. The Kier molecular flexibility index (Phi) is 12.2. The number of unbranched alkanes of at least 4 members (excludes halogenated alkanes) is 7. The van der Waals surface area contributed by atoms with Crippen molar-refractivity contribution in [1.29, 1.82) is 0 Å². The summed E-state index contributed by atoms with van der Waals surface area (Å²) < 4.78 is 0. The van der Waals surface area contributed by atoms with Gasteiger partial charge in [-0.3, -0.25) is 0 Å². The van der Waals surface area contributed by atoms with Crippen molar-refractivity contribution in [3.8, 4) is 0 Å². The van der Waals surface area contributed by atoms with E-state index in [4.69, 9.17) is 19.6 Å².